The van der Waals surface area contributed by atoms with Gasteiger partial charge in [0.2, 0.25) is 0 Å². The number of carbonyl (C=O) groups is 2. The molecule has 2 aromatic rings. The molecule has 0 radical (unpaired) electrons. The number of carboxylic acids is 1. The molecule has 2 N–H and O–H groups in total. The smallest absolute Gasteiger partial charge is 0.335 e. The summed E-state index contributed by atoms with van der Waals surface area (Å²) in [5.41, 5.74) is 3.44. The van der Waals surface area contributed by atoms with Crippen molar-refractivity contribution in [2.75, 3.05) is 7.05 Å². The fraction of sp³-hybridized carbons (Fsp3) is 0.263. The Kier molecular flexibility index (Phi) is 5.95. The highest BCUT2D eigenvalue weighted by Gasteiger charge is 2.09. The number of nitrogens with zero attached hydrogens (tertiary/aromatic N) is 1. The highest BCUT2D eigenvalue weighted by Crippen LogP contribution is 2.08. The van der Waals surface area contributed by atoms with Gasteiger partial charge in [-0.2, -0.15) is 0 Å². The average molecular weight is 326 g/mol. The van der Waals surface area contributed by atoms with Gasteiger partial charge in [0, 0.05) is 20.1 Å². The number of hydrogen-bond acceptors (Lipinski definition) is 2. The molecule has 0 bridgehead atoms. The third kappa shape index (κ3) is 4.84. The zero-order valence-electron chi connectivity index (χ0n) is 14.0. The van der Waals surface area contributed by atoms with Crippen LogP contribution in [0, 0.1) is 0 Å². The molecule has 2 aromatic carbocycles. The standard InChI is InChI=1S/C19H22N2O3/c1-3-14-4-6-16(7-5-14)13-21(2)19(24)20-12-15-8-10-17(11-9-15)18(22)23/h4-11H,3,12-13H2,1-2H3,(H,20,24)(H,22,23). The summed E-state index contributed by atoms with van der Waals surface area (Å²) in [6.45, 7) is 3.00. The van der Waals surface area contributed by atoms with Crippen LogP contribution in [0.3, 0.4) is 0 Å². The SMILES string of the molecule is CCc1ccc(CN(C)C(=O)NCc2ccc(C(=O)O)cc2)cc1. The summed E-state index contributed by atoms with van der Waals surface area (Å²) in [6, 6.07) is 14.5. The lowest BCUT2D eigenvalue weighted by atomic mass is 10.1. The molecule has 0 aliphatic rings. The molecule has 0 saturated carbocycles. The summed E-state index contributed by atoms with van der Waals surface area (Å²) in [6.07, 6.45) is 0.997. The van der Waals surface area contributed by atoms with Gasteiger partial charge in [0.05, 0.1) is 5.56 Å². The van der Waals surface area contributed by atoms with Crippen LogP contribution in [0.2, 0.25) is 0 Å². The van der Waals surface area contributed by atoms with Gasteiger partial charge in [-0.15, -0.1) is 0 Å². The molecule has 0 aliphatic carbocycles. The number of aryl methyl sites for hydroxylation is 1. The summed E-state index contributed by atoms with van der Waals surface area (Å²) >= 11 is 0. The van der Waals surface area contributed by atoms with E-state index in [1.807, 2.05) is 12.1 Å². The van der Waals surface area contributed by atoms with Gasteiger partial charge in [-0.3, -0.25) is 0 Å². The lowest BCUT2D eigenvalue weighted by Gasteiger charge is -2.18. The van der Waals surface area contributed by atoms with Crippen LogP contribution in [0.15, 0.2) is 48.5 Å². The van der Waals surface area contributed by atoms with Gasteiger partial charge in [0.15, 0.2) is 0 Å². The first kappa shape index (κ1) is 17.5. The monoisotopic (exact) mass is 326 g/mol. The number of amides is 2. The van der Waals surface area contributed by atoms with Crippen molar-refractivity contribution in [3.63, 3.8) is 0 Å². The Morgan fingerprint density at radius 1 is 0.958 bits per heavy atom. The fourth-order valence-electron chi connectivity index (χ4n) is 2.30. The molecule has 0 fully saturated rings. The molecule has 0 saturated heterocycles. The molecular weight excluding hydrogens is 304 g/mol. The predicted molar refractivity (Wildman–Crippen MR) is 92.9 cm³/mol. The van der Waals surface area contributed by atoms with Gasteiger partial charge in [0.25, 0.3) is 0 Å². The number of carboxylic acid groups (broad SMARTS) is 1. The number of rotatable bonds is 6. The maximum absolute atomic E-state index is 12.1. The lowest BCUT2D eigenvalue weighted by molar-refractivity contribution is 0.0697. The van der Waals surface area contributed by atoms with Crippen LogP contribution >= 0.6 is 0 Å². The minimum atomic E-state index is -0.959. The Balaban J connectivity index is 1.85. The largest absolute Gasteiger partial charge is 0.478 e. The van der Waals surface area contributed by atoms with E-state index in [0.717, 1.165) is 17.5 Å². The molecule has 5 nitrogen and oxygen atoms in total. The molecule has 5 heteroatoms. The maximum atomic E-state index is 12.1. The summed E-state index contributed by atoms with van der Waals surface area (Å²) in [5, 5.41) is 11.7. The summed E-state index contributed by atoms with van der Waals surface area (Å²) in [5.74, 6) is -0.959. The zero-order chi connectivity index (χ0) is 17.5. The molecule has 0 unspecified atom stereocenters. The summed E-state index contributed by atoms with van der Waals surface area (Å²) in [7, 11) is 1.75. The van der Waals surface area contributed by atoms with Gasteiger partial charge < -0.3 is 15.3 Å². The molecule has 0 spiro atoms. The lowest BCUT2D eigenvalue weighted by Crippen LogP contribution is -2.36. The number of benzene rings is 2. The number of nitrogens with one attached hydrogen (secondary N) is 1. The maximum Gasteiger partial charge on any atom is 0.335 e. The Bertz CT molecular complexity index is 694. The van der Waals surface area contributed by atoms with Crippen LogP contribution < -0.4 is 5.32 Å². The summed E-state index contributed by atoms with van der Waals surface area (Å²) < 4.78 is 0. The molecule has 2 amide bonds. The van der Waals surface area contributed by atoms with Crippen molar-refractivity contribution >= 4 is 12.0 Å². The van der Waals surface area contributed by atoms with E-state index < -0.39 is 5.97 Å². The van der Waals surface area contributed by atoms with E-state index in [0.29, 0.717) is 13.1 Å². The first-order chi connectivity index (χ1) is 11.5. The third-order valence-electron chi connectivity index (χ3n) is 3.84. The second-order valence-corrected chi connectivity index (χ2v) is 5.69. The first-order valence-electron chi connectivity index (χ1n) is 7.88. The molecular formula is C19H22N2O3. The second kappa shape index (κ2) is 8.15. The van der Waals surface area contributed by atoms with E-state index in [9.17, 15) is 9.59 Å². The van der Waals surface area contributed by atoms with Crippen molar-refractivity contribution in [2.24, 2.45) is 0 Å². The first-order valence-corrected chi connectivity index (χ1v) is 7.88. The van der Waals surface area contributed by atoms with Crippen LogP contribution in [0.4, 0.5) is 4.79 Å². The van der Waals surface area contributed by atoms with Crippen LogP contribution in [0.25, 0.3) is 0 Å². The molecule has 0 heterocycles. The normalized spacial score (nSPS) is 10.2. The van der Waals surface area contributed by atoms with E-state index >= 15 is 0 Å². The fourth-order valence-corrected chi connectivity index (χ4v) is 2.30. The Morgan fingerprint density at radius 2 is 1.50 bits per heavy atom. The highest BCUT2D eigenvalue weighted by atomic mass is 16.4. The minimum absolute atomic E-state index is 0.170. The molecule has 0 atom stereocenters. The van der Waals surface area contributed by atoms with Crippen molar-refractivity contribution in [1.29, 1.82) is 0 Å². The van der Waals surface area contributed by atoms with Crippen LogP contribution in [0.1, 0.15) is 34.0 Å². The molecule has 2 rings (SSSR count). The highest BCUT2D eigenvalue weighted by molar-refractivity contribution is 5.87. The number of carbonyl (C=O) groups excluding carboxylic acids is 1. The van der Waals surface area contributed by atoms with Gasteiger partial charge in [-0.1, -0.05) is 43.3 Å². The Morgan fingerprint density at radius 3 is 2.04 bits per heavy atom. The quantitative estimate of drug-likeness (QED) is 0.856. The van der Waals surface area contributed by atoms with E-state index in [-0.39, 0.29) is 11.6 Å². The molecule has 126 valence electrons. The average Bonchev–Trinajstić information content (AvgIpc) is 2.60. The van der Waals surface area contributed by atoms with Crippen LogP contribution in [-0.4, -0.2) is 29.1 Å². The van der Waals surface area contributed by atoms with Gasteiger partial charge >= 0.3 is 12.0 Å². The number of aromatic carboxylic acids is 1. The minimum Gasteiger partial charge on any atom is -0.478 e. The third-order valence-corrected chi connectivity index (χ3v) is 3.84. The predicted octanol–water partition coefficient (Wildman–Crippen LogP) is 3.29. The van der Waals surface area contributed by atoms with Gasteiger partial charge in [0.1, 0.15) is 0 Å². The van der Waals surface area contributed by atoms with E-state index in [4.69, 9.17) is 5.11 Å². The number of hydrogen-bond donors (Lipinski definition) is 2. The van der Waals surface area contributed by atoms with Crippen molar-refractivity contribution < 1.29 is 14.7 Å². The molecule has 24 heavy (non-hydrogen) atoms. The van der Waals surface area contributed by atoms with Gasteiger partial charge in [-0.25, -0.2) is 9.59 Å². The summed E-state index contributed by atoms with van der Waals surface area (Å²) in [4.78, 5) is 24.6. The van der Waals surface area contributed by atoms with E-state index in [1.165, 1.54) is 17.7 Å². The number of urea groups is 1. The Hall–Kier alpha value is -2.82. The van der Waals surface area contributed by atoms with Gasteiger partial charge in [-0.05, 0) is 35.2 Å². The van der Waals surface area contributed by atoms with E-state index in [1.54, 1.807) is 24.1 Å². The van der Waals surface area contributed by atoms with Crippen molar-refractivity contribution in [3.05, 3.63) is 70.8 Å². The second-order valence-electron chi connectivity index (χ2n) is 5.69. The van der Waals surface area contributed by atoms with Crippen LogP contribution in [-0.2, 0) is 19.5 Å². The molecule has 0 aromatic heterocycles. The van der Waals surface area contributed by atoms with Crippen LogP contribution in [0.5, 0.6) is 0 Å². The Labute approximate surface area is 141 Å². The van der Waals surface area contributed by atoms with E-state index in [2.05, 4.69) is 24.4 Å². The van der Waals surface area contributed by atoms with Crippen molar-refractivity contribution in [3.8, 4) is 0 Å². The van der Waals surface area contributed by atoms with Crippen molar-refractivity contribution in [2.45, 2.75) is 26.4 Å². The molecule has 0 aliphatic heterocycles. The zero-order valence-corrected chi connectivity index (χ0v) is 14.0. The topological polar surface area (TPSA) is 69.6 Å². The van der Waals surface area contributed by atoms with Crippen molar-refractivity contribution in [1.82, 2.24) is 10.2 Å².